The van der Waals surface area contributed by atoms with Gasteiger partial charge in [-0.1, -0.05) is 30.0 Å². The van der Waals surface area contributed by atoms with Gasteiger partial charge in [0.25, 0.3) is 0 Å². The summed E-state index contributed by atoms with van der Waals surface area (Å²) in [7, 11) is 0. The van der Waals surface area contributed by atoms with Gasteiger partial charge in [-0.25, -0.2) is 4.39 Å². The smallest absolute Gasteiger partial charge is 0.127 e. The molecule has 4 rings (SSSR count). The minimum Gasteiger partial charge on any atom is -0.384 e. The number of thiophene rings is 1. The Morgan fingerprint density at radius 1 is 1.04 bits per heavy atom. The molecule has 2 fully saturated rings. The lowest BCUT2D eigenvalue weighted by atomic mass is 9.79. The predicted molar refractivity (Wildman–Crippen MR) is 112 cm³/mol. The molecule has 28 heavy (non-hydrogen) atoms. The zero-order chi connectivity index (χ0) is 19.4. The molecule has 5 heteroatoms. The zero-order valence-electron chi connectivity index (χ0n) is 16.2. The molecule has 0 bridgehead atoms. The Morgan fingerprint density at radius 3 is 2.68 bits per heavy atom. The van der Waals surface area contributed by atoms with E-state index < -0.39 is 0 Å². The average Bonchev–Trinajstić information content (AvgIpc) is 3.29. The van der Waals surface area contributed by atoms with Crippen molar-refractivity contribution in [1.29, 1.82) is 0 Å². The van der Waals surface area contributed by atoms with Gasteiger partial charge in [0.2, 0.25) is 0 Å². The molecule has 1 N–H and O–H groups in total. The largest absolute Gasteiger partial charge is 0.384 e. The Bertz CT molecular complexity index is 871. The van der Waals surface area contributed by atoms with Crippen LogP contribution < -0.4 is 0 Å². The minimum atomic E-state index is -0.0920. The summed E-state index contributed by atoms with van der Waals surface area (Å²) in [5, 5.41) is 8.83. The first-order chi connectivity index (χ1) is 13.7. The van der Waals surface area contributed by atoms with Crippen molar-refractivity contribution in [2.24, 2.45) is 5.41 Å². The molecule has 3 heterocycles. The van der Waals surface area contributed by atoms with Crippen molar-refractivity contribution in [3.05, 3.63) is 57.5 Å². The first-order valence-corrected chi connectivity index (χ1v) is 10.8. The summed E-state index contributed by atoms with van der Waals surface area (Å²) in [5.41, 5.74) is 1.16. The van der Waals surface area contributed by atoms with Crippen molar-refractivity contribution >= 4 is 11.3 Å². The second kappa shape index (κ2) is 8.75. The van der Waals surface area contributed by atoms with Crippen LogP contribution in [0, 0.1) is 23.1 Å². The number of aliphatic hydroxyl groups excluding tert-OH is 1. The van der Waals surface area contributed by atoms with Crippen molar-refractivity contribution < 1.29 is 9.50 Å². The third kappa shape index (κ3) is 4.64. The normalized spacial score (nSPS) is 23.1. The van der Waals surface area contributed by atoms with E-state index in [9.17, 15) is 4.39 Å². The minimum absolute atomic E-state index is 0.0898. The fourth-order valence-electron chi connectivity index (χ4n) is 4.69. The topological polar surface area (TPSA) is 26.7 Å². The summed E-state index contributed by atoms with van der Waals surface area (Å²) in [4.78, 5) is 7.35. The van der Waals surface area contributed by atoms with Gasteiger partial charge in [0, 0.05) is 36.6 Å². The van der Waals surface area contributed by atoms with Crippen LogP contribution >= 0.6 is 11.3 Å². The molecule has 1 atom stereocenters. The Morgan fingerprint density at radius 2 is 1.86 bits per heavy atom. The van der Waals surface area contributed by atoms with Crippen molar-refractivity contribution in [1.82, 2.24) is 9.80 Å². The zero-order valence-corrected chi connectivity index (χ0v) is 17.0. The Kier molecular flexibility index (Phi) is 6.13. The molecule has 0 radical (unpaired) electrons. The van der Waals surface area contributed by atoms with Crippen LogP contribution in [-0.4, -0.2) is 47.7 Å². The van der Waals surface area contributed by atoms with Crippen LogP contribution in [0.3, 0.4) is 0 Å². The lowest BCUT2D eigenvalue weighted by Gasteiger charge is -2.40. The first-order valence-electron chi connectivity index (χ1n) is 10.0. The van der Waals surface area contributed by atoms with E-state index in [1.807, 2.05) is 18.2 Å². The molecule has 0 amide bonds. The molecule has 2 saturated heterocycles. The van der Waals surface area contributed by atoms with E-state index in [4.69, 9.17) is 5.11 Å². The van der Waals surface area contributed by atoms with Gasteiger partial charge in [0.1, 0.15) is 12.4 Å². The number of nitrogens with zero attached hydrogens (tertiary/aromatic N) is 2. The second-order valence-corrected chi connectivity index (χ2v) is 9.26. The fraction of sp³-hybridized carbons (Fsp3) is 0.478. The summed E-state index contributed by atoms with van der Waals surface area (Å²) in [6.45, 7) is 5.97. The Balaban J connectivity index is 1.35. The molecule has 1 spiro atoms. The standard InChI is InChI=1S/C23H27FN2OS/c24-22-7-2-1-5-19(22)15-25-12-4-10-23(17-25)11-13-26(18-23)16-21-9-8-20(28-21)6-3-14-27/h1-2,5,7-9,27H,4,10-18H2/t23-/m0/s1. The van der Waals surface area contributed by atoms with Crippen LogP contribution in [0.1, 0.15) is 34.6 Å². The molecule has 0 unspecified atom stereocenters. The van der Waals surface area contributed by atoms with Crippen LogP contribution in [-0.2, 0) is 13.1 Å². The third-order valence-electron chi connectivity index (χ3n) is 5.94. The predicted octanol–water partition coefficient (Wildman–Crippen LogP) is 3.72. The average molecular weight is 399 g/mol. The van der Waals surface area contributed by atoms with E-state index >= 15 is 0 Å². The maximum absolute atomic E-state index is 14.0. The van der Waals surface area contributed by atoms with E-state index in [0.29, 0.717) is 12.0 Å². The molecular formula is C23H27FN2OS. The van der Waals surface area contributed by atoms with Gasteiger partial charge in [0.15, 0.2) is 0 Å². The van der Waals surface area contributed by atoms with Crippen molar-refractivity contribution in [3.63, 3.8) is 0 Å². The van der Waals surface area contributed by atoms with Gasteiger partial charge in [0.05, 0.1) is 4.88 Å². The second-order valence-electron chi connectivity index (χ2n) is 8.09. The summed E-state index contributed by atoms with van der Waals surface area (Å²) >= 11 is 1.72. The van der Waals surface area contributed by atoms with Crippen molar-refractivity contribution in [3.8, 4) is 11.8 Å². The molecule has 3 nitrogen and oxygen atoms in total. The van der Waals surface area contributed by atoms with E-state index in [-0.39, 0.29) is 12.4 Å². The summed E-state index contributed by atoms with van der Waals surface area (Å²) in [5.74, 6) is 5.62. The number of hydrogen-bond acceptors (Lipinski definition) is 4. The van der Waals surface area contributed by atoms with Crippen LogP contribution in [0.15, 0.2) is 36.4 Å². The van der Waals surface area contributed by atoms with Gasteiger partial charge in [-0.05, 0) is 56.0 Å². The number of likely N-dealkylation sites (tertiary alicyclic amines) is 2. The molecule has 148 valence electrons. The first kappa shape index (κ1) is 19.6. The highest BCUT2D eigenvalue weighted by molar-refractivity contribution is 7.12. The number of benzene rings is 1. The van der Waals surface area contributed by atoms with Crippen LogP contribution in [0.4, 0.5) is 4.39 Å². The third-order valence-corrected chi connectivity index (χ3v) is 6.93. The molecule has 2 aromatic rings. The lowest BCUT2D eigenvalue weighted by Crippen LogP contribution is -2.44. The highest BCUT2D eigenvalue weighted by Gasteiger charge is 2.41. The maximum atomic E-state index is 14.0. The summed E-state index contributed by atoms with van der Waals surface area (Å²) < 4.78 is 14.0. The Hall–Kier alpha value is -1.71. The van der Waals surface area contributed by atoms with Gasteiger partial charge in [-0.3, -0.25) is 9.80 Å². The Labute approximate surface area is 170 Å². The molecule has 0 saturated carbocycles. The fourth-order valence-corrected chi connectivity index (χ4v) is 5.61. The number of piperidine rings is 1. The van der Waals surface area contributed by atoms with E-state index in [2.05, 4.69) is 27.7 Å². The highest BCUT2D eigenvalue weighted by Crippen LogP contribution is 2.40. The molecule has 1 aromatic heterocycles. The molecular weight excluding hydrogens is 371 g/mol. The number of aliphatic hydroxyl groups is 1. The van der Waals surface area contributed by atoms with E-state index in [1.165, 1.54) is 24.1 Å². The van der Waals surface area contributed by atoms with Gasteiger partial charge >= 0.3 is 0 Å². The quantitative estimate of drug-likeness (QED) is 0.796. The highest BCUT2D eigenvalue weighted by atomic mass is 32.1. The molecule has 2 aliphatic heterocycles. The number of hydrogen-bond donors (Lipinski definition) is 1. The van der Waals surface area contributed by atoms with Gasteiger partial charge < -0.3 is 5.11 Å². The molecule has 2 aliphatic rings. The monoisotopic (exact) mass is 398 g/mol. The number of halogens is 1. The van der Waals surface area contributed by atoms with Crippen molar-refractivity contribution in [2.45, 2.75) is 32.4 Å². The SMILES string of the molecule is OCC#Cc1ccc(CN2CC[C@]3(CCCN(Cc4ccccc4F)C3)C2)s1. The molecule has 0 aliphatic carbocycles. The van der Waals surface area contributed by atoms with Crippen LogP contribution in [0.2, 0.25) is 0 Å². The lowest BCUT2D eigenvalue weighted by molar-refractivity contribution is 0.0859. The van der Waals surface area contributed by atoms with E-state index in [0.717, 1.165) is 43.2 Å². The van der Waals surface area contributed by atoms with Gasteiger partial charge in [-0.15, -0.1) is 11.3 Å². The summed E-state index contributed by atoms with van der Waals surface area (Å²) in [6.07, 6.45) is 3.69. The van der Waals surface area contributed by atoms with E-state index in [1.54, 1.807) is 23.5 Å². The molecule has 1 aromatic carbocycles. The number of rotatable bonds is 4. The van der Waals surface area contributed by atoms with Crippen LogP contribution in [0.5, 0.6) is 0 Å². The van der Waals surface area contributed by atoms with Gasteiger partial charge in [-0.2, -0.15) is 0 Å². The van der Waals surface area contributed by atoms with Crippen molar-refractivity contribution in [2.75, 3.05) is 32.8 Å². The summed E-state index contributed by atoms with van der Waals surface area (Å²) in [6, 6.07) is 11.4. The maximum Gasteiger partial charge on any atom is 0.127 e. The van der Waals surface area contributed by atoms with Crippen LogP contribution in [0.25, 0.3) is 0 Å².